The van der Waals surface area contributed by atoms with Crippen LogP contribution in [0.5, 0.6) is 11.5 Å². The largest absolute Gasteiger partial charge is 0.573 e. The maximum absolute atomic E-state index is 12.9. The number of carbonyl (C=O) groups excluding carboxylic acids is 1. The van der Waals surface area contributed by atoms with Gasteiger partial charge < -0.3 is 25.0 Å². The lowest BCUT2D eigenvalue weighted by atomic mass is 10.0. The molecule has 4 N–H and O–H groups in total. The first-order valence-electron chi connectivity index (χ1n) is 12.1. The van der Waals surface area contributed by atoms with Crippen LogP contribution in [0.25, 0.3) is 0 Å². The number of aliphatic hydroxyl groups excluding tert-OH is 1. The van der Waals surface area contributed by atoms with Crippen LogP contribution in [0.15, 0.2) is 48.5 Å². The first-order valence-corrected chi connectivity index (χ1v) is 12.1. The first kappa shape index (κ1) is 26.2. The lowest BCUT2D eigenvalue weighted by Crippen LogP contribution is -2.52. The summed E-state index contributed by atoms with van der Waals surface area (Å²) in [7, 11) is 0. The van der Waals surface area contributed by atoms with E-state index in [-0.39, 0.29) is 18.7 Å². The van der Waals surface area contributed by atoms with Gasteiger partial charge in [-0.1, -0.05) is 25.0 Å². The van der Waals surface area contributed by atoms with Gasteiger partial charge in [0.1, 0.15) is 17.7 Å². The molecule has 2 aliphatic rings. The second kappa shape index (κ2) is 11.1. The number of nitrogens with one attached hydrogen (secondary N) is 2. The zero-order chi connectivity index (χ0) is 25.8. The quantitative estimate of drug-likeness (QED) is 0.309. The second-order valence-corrected chi connectivity index (χ2v) is 9.63. The molecule has 10 heteroatoms. The van der Waals surface area contributed by atoms with Gasteiger partial charge in [-0.2, -0.15) is 0 Å². The van der Waals surface area contributed by atoms with Crippen molar-refractivity contribution in [3.05, 3.63) is 59.7 Å². The summed E-state index contributed by atoms with van der Waals surface area (Å²) in [6.07, 6.45) is -1.07. The number of aliphatic hydroxyl groups is 2. The molecule has 2 aliphatic carbocycles. The van der Waals surface area contributed by atoms with Crippen molar-refractivity contribution in [2.24, 2.45) is 5.92 Å². The molecule has 7 nitrogen and oxygen atoms in total. The molecule has 0 heterocycles. The normalized spacial score (nSPS) is 18.2. The number of hydrogen-bond acceptors (Lipinski definition) is 6. The van der Waals surface area contributed by atoms with Crippen molar-refractivity contribution < 1.29 is 37.7 Å². The van der Waals surface area contributed by atoms with Crippen molar-refractivity contribution in [2.75, 3.05) is 13.2 Å². The van der Waals surface area contributed by atoms with Crippen molar-refractivity contribution in [3.8, 4) is 11.5 Å². The van der Waals surface area contributed by atoms with Crippen molar-refractivity contribution in [1.82, 2.24) is 10.6 Å². The molecule has 4 rings (SSSR count). The Morgan fingerprint density at radius 2 is 1.69 bits per heavy atom. The maximum Gasteiger partial charge on any atom is 0.573 e. The molecule has 0 aromatic heterocycles. The van der Waals surface area contributed by atoms with Crippen LogP contribution in [-0.4, -0.2) is 53.5 Å². The van der Waals surface area contributed by atoms with Gasteiger partial charge in [-0.25, -0.2) is 0 Å². The van der Waals surface area contributed by atoms with E-state index in [4.69, 9.17) is 4.74 Å². The van der Waals surface area contributed by atoms with E-state index in [0.717, 1.165) is 12.3 Å². The third-order valence-corrected chi connectivity index (χ3v) is 6.39. The lowest BCUT2D eigenvalue weighted by molar-refractivity contribution is -0.274. The van der Waals surface area contributed by atoms with Gasteiger partial charge in [-0.15, -0.1) is 13.2 Å². The summed E-state index contributed by atoms with van der Waals surface area (Å²) in [4.78, 5) is 12.9. The molecule has 2 aromatic rings. The minimum Gasteiger partial charge on any atom is -0.494 e. The van der Waals surface area contributed by atoms with E-state index in [1.807, 2.05) is 0 Å². The molecule has 2 saturated carbocycles. The minimum absolute atomic E-state index is 0.132. The number of rotatable bonds is 13. The highest BCUT2D eigenvalue weighted by Crippen LogP contribution is 2.34. The van der Waals surface area contributed by atoms with Crippen molar-refractivity contribution in [1.29, 1.82) is 0 Å². The Kier molecular flexibility index (Phi) is 8.07. The number of amides is 1. The van der Waals surface area contributed by atoms with Crippen LogP contribution in [0.3, 0.4) is 0 Å². The van der Waals surface area contributed by atoms with Gasteiger partial charge in [0.2, 0.25) is 0 Å². The molecule has 2 atom stereocenters. The molecule has 0 spiro atoms. The van der Waals surface area contributed by atoms with Crippen LogP contribution >= 0.6 is 0 Å². The van der Waals surface area contributed by atoms with Gasteiger partial charge in [0, 0.05) is 12.1 Å². The topological polar surface area (TPSA) is 100 Å². The summed E-state index contributed by atoms with van der Waals surface area (Å²) in [5.41, 5.74) is 0.0956. The maximum atomic E-state index is 12.9. The highest BCUT2D eigenvalue weighted by molar-refractivity contribution is 5.94. The van der Waals surface area contributed by atoms with Gasteiger partial charge in [0.25, 0.3) is 5.91 Å². The summed E-state index contributed by atoms with van der Waals surface area (Å²) >= 11 is 0. The summed E-state index contributed by atoms with van der Waals surface area (Å²) in [5, 5.41) is 26.4. The van der Waals surface area contributed by atoms with E-state index >= 15 is 0 Å². The van der Waals surface area contributed by atoms with Crippen LogP contribution in [0.1, 0.15) is 48.0 Å². The van der Waals surface area contributed by atoms with Gasteiger partial charge in [-0.3, -0.25) is 10.1 Å². The van der Waals surface area contributed by atoms with Gasteiger partial charge in [0.05, 0.1) is 18.2 Å². The highest BCUT2D eigenvalue weighted by Gasteiger charge is 2.40. The van der Waals surface area contributed by atoms with Gasteiger partial charge >= 0.3 is 6.36 Å². The monoisotopic (exact) mass is 508 g/mol. The van der Waals surface area contributed by atoms with Crippen molar-refractivity contribution in [3.63, 3.8) is 0 Å². The lowest BCUT2D eigenvalue weighted by Gasteiger charge is -2.26. The van der Waals surface area contributed by atoms with Crippen molar-refractivity contribution in [2.45, 2.75) is 62.8 Å². The Balaban J connectivity index is 1.37. The highest BCUT2D eigenvalue weighted by atomic mass is 19.4. The van der Waals surface area contributed by atoms with Gasteiger partial charge in [0.15, 0.2) is 0 Å². The Morgan fingerprint density at radius 3 is 2.28 bits per heavy atom. The average molecular weight is 509 g/mol. The molecular weight excluding hydrogens is 477 g/mol. The number of benzene rings is 2. The van der Waals surface area contributed by atoms with E-state index in [9.17, 15) is 28.2 Å². The summed E-state index contributed by atoms with van der Waals surface area (Å²) in [5.74, 6) is 0.652. The Labute approximate surface area is 207 Å². The van der Waals surface area contributed by atoms with Crippen LogP contribution in [0.4, 0.5) is 13.2 Å². The zero-order valence-electron chi connectivity index (χ0n) is 19.8. The van der Waals surface area contributed by atoms with E-state index in [1.54, 1.807) is 24.3 Å². The smallest absolute Gasteiger partial charge is 0.494 e. The van der Waals surface area contributed by atoms with Crippen LogP contribution < -0.4 is 20.1 Å². The molecule has 2 aromatic carbocycles. The molecule has 0 aliphatic heterocycles. The predicted octanol–water partition coefficient (Wildman–Crippen LogP) is 3.54. The number of carbonyl (C=O) groups is 1. The van der Waals surface area contributed by atoms with E-state index < -0.39 is 30.1 Å². The van der Waals surface area contributed by atoms with Crippen LogP contribution in [-0.2, 0) is 6.42 Å². The molecule has 0 bridgehead atoms. The van der Waals surface area contributed by atoms with Crippen molar-refractivity contribution >= 4 is 5.91 Å². The average Bonchev–Trinajstić information content (AvgIpc) is 3.76. The zero-order valence-corrected chi connectivity index (χ0v) is 19.8. The molecule has 2 unspecified atom stereocenters. The Morgan fingerprint density at radius 1 is 1.06 bits per heavy atom. The standard InChI is InChI=1S/C26H31F3N2O5/c27-26(28,29)36-21-7-3-18(4-8-21)15-22(24(33)30-16-25(34)12-13-25)31-23(32)19-5-9-20(10-6-19)35-14-11-17-1-2-17/h3-10,17,22,24,30,33-34H,1-2,11-16H2,(H,31,32). The number of halogens is 3. The molecule has 36 heavy (non-hydrogen) atoms. The number of alkyl halides is 3. The first-order chi connectivity index (χ1) is 17.1. The predicted molar refractivity (Wildman–Crippen MR) is 126 cm³/mol. The van der Waals surface area contributed by atoms with E-state index in [0.29, 0.717) is 36.3 Å². The molecule has 1 amide bonds. The summed E-state index contributed by atoms with van der Waals surface area (Å²) < 4.78 is 46.9. The molecule has 2 fully saturated rings. The number of ether oxygens (including phenoxy) is 2. The fraction of sp³-hybridized carbons (Fsp3) is 0.500. The summed E-state index contributed by atoms with van der Waals surface area (Å²) in [6, 6.07) is 11.1. The SMILES string of the molecule is O=C(NC(Cc1ccc(OC(F)(F)F)cc1)C(O)NCC1(O)CC1)c1ccc(OCCC2CC2)cc1. The van der Waals surface area contributed by atoms with E-state index in [2.05, 4.69) is 15.4 Å². The van der Waals surface area contributed by atoms with Crippen LogP contribution in [0, 0.1) is 5.92 Å². The van der Waals surface area contributed by atoms with Gasteiger partial charge in [-0.05, 0) is 73.6 Å². The minimum atomic E-state index is -4.79. The molecule has 0 radical (unpaired) electrons. The molecular formula is C26H31F3N2O5. The summed E-state index contributed by atoms with van der Waals surface area (Å²) in [6.45, 7) is 0.793. The fourth-order valence-corrected chi connectivity index (χ4v) is 3.78. The fourth-order valence-electron chi connectivity index (χ4n) is 3.78. The molecule has 0 saturated heterocycles. The molecule has 196 valence electrons. The Hall–Kier alpha value is -2.82. The number of hydrogen-bond donors (Lipinski definition) is 4. The van der Waals surface area contributed by atoms with E-state index in [1.165, 1.54) is 37.1 Å². The Bertz CT molecular complexity index is 1010. The second-order valence-electron chi connectivity index (χ2n) is 9.63. The third-order valence-electron chi connectivity index (χ3n) is 6.39. The third kappa shape index (κ3) is 8.39. The van der Waals surface area contributed by atoms with Crippen LogP contribution in [0.2, 0.25) is 0 Å².